The number of rotatable bonds is 1. The Balaban J connectivity index is 2.23. The topological polar surface area (TPSA) is 59.5 Å². The molecule has 2 aromatic rings. The fourth-order valence-electron chi connectivity index (χ4n) is 2.09. The fourth-order valence-corrected chi connectivity index (χ4v) is 2.50. The van der Waals surface area contributed by atoms with Gasteiger partial charge in [-0.2, -0.15) is 9.61 Å². The fraction of sp³-hybridized carbons (Fsp3) is 0.400. The number of fused-ring (bicyclic) bond motifs is 1. The quantitative estimate of drug-likeness (QED) is 0.864. The first-order valence-electron chi connectivity index (χ1n) is 5.41. The third kappa shape index (κ3) is 1.61. The highest BCUT2D eigenvalue weighted by Crippen LogP contribution is 2.33. The summed E-state index contributed by atoms with van der Waals surface area (Å²) in [5, 5.41) is 4.96. The zero-order valence-corrected chi connectivity index (χ0v) is 10.5. The molecule has 1 aliphatic rings. The summed E-state index contributed by atoms with van der Waals surface area (Å²) < 4.78 is 1.46. The highest BCUT2D eigenvalue weighted by Gasteiger charge is 2.21. The average Bonchev–Trinajstić information content (AvgIpc) is 2.94. The normalized spacial score (nSPS) is 16.0. The second kappa shape index (κ2) is 3.92. The van der Waals surface area contributed by atoms with E-state index in [0.29, 0.717) is 27.3 Å². The highest BCUT2D eigenvalue weighted by molar-refractivity contribution is 6.36. The van der Waals surface area contributed by atoms with Crippen molar-refractivity contribution >= 4 is 40.5 Å². The van der Waals surface area contributed by atoms with E-state index in [9.17, 15) is 0 Å². The number of anilines is 2. The maximum absolute atomic E-state index is 6.23. The van der Waals surface area contributed by atoms with E-state index >= 15 is 0 Å². The summed E-state index contributed by atoms with van der Waals surface area (Å²) >= 11 is 12.2. The first kappa shape index (κ1) is 10.9. The van der Waals surface area contributed by atoms with Crippen molar-refractivity contribution in [3.8, 4) is 0 Å². The number of nitrogens with two attached hydrogens (primary N) is 1. The van der Waals surface area contributed by atoms with Crippen LogP contribution in [0.25, 0.3) is 5.65 Å². The monoisotopic (exact) mass is 271 g/mol. The molecular formula is C10H11Cl2N5. The molecule has 0 unspecified atom stereocenters. The van der Waals surface area contributed by atoms with Crippen molar-refractivity contribution in [1.82, 2.24) is 14.6 Å². The highest BCUT2D eigenvalue weighted by atomic mass is 35.5. The van der Waals surface area contributed by atoms with Gasteiger partial charge in [0.1, 0.15) is 15.9 Å². The molecule has 0 radical (unpaired) electrons. The average molecular weight is 272 g/mol. The van der Waals surface area contributed by atoms with Gasteiger partial charge in [-0.1, -0.05) is 23.2 Å². The predicted molar refractivity (Wildman–Crippen MR) is 68.9 cm³/mol. The second-order valence-corrected chi connectivity index (χ2v) is 4.84. The van der Waals surface area contributed by atoms with Crippen LogP contribution in [0.2, 0.25) is 10.0 Å². The summed E-state index contributed by atoms with van der Waals surface area (Å²) in [6, 6.07) is 0. The van der Waals surface area contributed by atoms with E-state index < -0.39 is 0 Å². The zero-order valence-electron chi connectivity index (χ0n) is 9.03. The molecule has 1 saturated heterocycles. The molecule has 90 valence electrons. The maximum Gasteiger partial charge on any atom is 0.178 e. The number of nitrogens with zero attached hydrogens (tertiary/aromatic N) is 4. The van der Waals surface area contributed by atoms with Gasteiger partial charge in [-0.3, -0.25) is 0 Å². The molecule has 0 bridgehead atoms. The lowest BCUT2D eigenvalue weighted by Gasteiger charge is -2.18. The van der Waals surface area contributed by atoms with Crippen LogP contribution in [-0.4, -0.2) is 27.7 Å². The summed E-state index contributed by atoms with van der Waals surface area (Å²) in [5.41, 5.74) is 6.49. The molecule has 1 fully saturated rings. The first-order valence-corrected chi connectivity index (χ1v) is 6.17. The Morgan fingerprint density at radius 3 is 2.65 bits per heavy atom. The summed E-state index contributed by atoms with van der Waals surface area (Å²) in [6.07, 6.45) is 3.82. The van der Waals surface area contributed by atoms with Crippen LogP contribution in [0.15, 0.2) is 6.20 Å². The van der Waals surface area contributed by atoms with Crippen LogP contribution in [0.4, 0.5) is 11.6 Å². The minimum Gasteiger partial charge on any atom is -0.382 e. The third-order valence-electron chi connectivity index (χ3n) is 2.97. The van der Waals surface area contributed by atoms with E-state index in [0.717, 1.165) is 25.9 Å². The molecule has 0 amide bonds. The van der Waals surface area contributed by atoms with Gasteiger partial charge >= 0.3 is 0 Å². The molecule has 0 aromatic carbocycles. The van der Waals surface area contributed by atoms with Gasteiger partial charge in [0.25, 0.3) is 0 Å². The number of nitrogen functional groups attached to an aromatic ring is 1. The van der Waals surface area contributed by atoms with Crippen LogP contribution in [0, 0.1) is 0 Å². The Labute approximate surface area is 108 Å². The number of aromatic nitrogens is 3. The molecule has 2 aromatic heterocycles. The molecule has 0 saturated carbocycles. The lowest BCUT2D eigenvalue weighted by Crippen LogP contribution is -2.20. The molecule has 2 N–H and O–H groups in total. The van der Waals surface area contributed by atoms with Gasteiger partial charge in [-0.15, -0.1) is 0 Å². The van der Waals surface area contributed by atoms with Crippen LogP contribution < -0.4 is 10.6 Å². The maximum atomic E-state index is 6.23. The standard InChI is InChI=1S/C10H11Cl2N5/c11-6-5-14-17-8(13)7(12)10(15-9(6)17)16-3-1-2-4-16/h5H,1-4,13H2. The lowest BCUT2D eigenvalue weighted by atomic mass is 10.4. The molecule has 0 spiro atoms. The van der Waals surface area contributed by atoms with Gasteiger partial charge in [0, 0.05) is 13.1 Å². The SMILES string of the molecule is Nc1c(Cl)c(N2CCCC2)nc2c(Cl)cnn12. The van der Waals surface area contributed by atoms with Gasteiger partial charge in [0.2, 0.25) is 0 Å². The van der Waals surface area contributed by atoms with Crippen molar-refractivity contribution < 1.29 is 0 Å². The molecule has 0 atom stereocenters. The van der Waals surface area contributed by atoms with Crippen molar-refractivity contribution in [1.29, 1.82) is 0 Å². The van der Waals surface area contributed by atoms with Crippen molar-refractivity contribution in [3.63, 3.8) is 0 Å². The number of halogens is 2. The Hall–Kier alpha value is -1.20. The summed E-state index contributed by atoms with van der Waals surface area (Å²) in [5.74, 6) is 1.09. The molecule has 0 aliphatic carbocycles. The van der Waals surface area contributed by atoms with Crippen LogP contribution in [0.5, 0.6) is 0 Å². The van der Waals surface area contributed by atoms with Crippen molar-refractivity contribution in [2.75, 3.05) is 23.7 Å². The van der Waals surface area contributed by atoms with E-state index in [1.165, 1.54) is 10.7 Å². The van der Waals surface area contributed by atoms with Crippen molar-refractivity contribution in [2.24, 2.45) is 0 Å². The molecular weight excluding hydrogens is 261 g/mol. The Kier molecular flexibility index (Phi) is 2.52. The Morgan fingerprint density at radius 1 is 1.24 bits per heavy atom. The molecule has 7 heteroatoms. The molecule has 3 heterocycles. The van der Waals surface area contributed by atoms with Gasteiger partial charge in [0.05, 0.1) is 6.20 Å². The van der Waals surface area contributed by atoms with E-state index in [2.05, 4.69) is 15.0 Å². The van der Waals surface area contributed by atoms with Gasteiger partial charge in [-0.25, -0.2) is 4.98 Å². The van der Waals surface area contributed by atoms with E-state index in [1.54, 1.807) is 0 Å². The van der Waals surface area contributed by atoms with Gasteiger partial charge in [0.15, 0.2) is 11.5 Å². The predicted octanol–water partition coefficient (Wildman–Crippen LogP) is 2.22. The summed E-state index contributed by atoms with van der Waals surface area (Å²) in [6.45, 7) is 1.90. The minimum atomic E-state index is 0.380. The lowest BCUT2D eigenvalue weighted by molar-refractivity contribution is 0.906. The Morgan fingerprint density at radius 2 is 1.94 bits per heavy atom. The van der Waals surface area contributed by atoms with Crippen LogP contribution in [-0.2, 0) is 0 Å². The summed E-state index contributed by atoms with van der Waals surface area (Å²) in [4.78, 5) is 6.59. The first-order chi connectivity index (χ1) is 8.18. The van der Waals surface area contributed by atoms with Gasteiger partial charge in [-0.05, 0) is 12.8 Å². The smallest absolute Gasteiger partial charge is 0.178 e. The van der Waals surface area contributed by atoms with Crippen molar-refractivity contribution in [2.45, 2.75) is 12.8 Å². The van der Waals surface area contributed by atoms with Crippen LogP contribution in [0.3, 0.4) is 0 Å². The molecule has 1 aliphatic heterocycles. The van der Waals surface area contributed by atoms with Crippen LogP contribution in [0.1, 0.15) is 12.8 Å². The third-order valence-corrected chi connectivity index (χ3v) is 3.60. The van der Waals surface area contributed by atoms with Crippen LogP contribution >= 0.6 is 23.2 Å². The van der Waals surface area contributed by atoms with Crippen molar-refractivity contribution in [3.05, 3.63) is 16.2 Å². The summed E-state index contributed by atoms with van der Waals surface area (Å²) in [7, 11) is 0. The molecule has 17 heavy (non-hydrogen) atoms. The van der Waals surface area contributed by atoms with E-state index in [-0.39, 0.29) is 0 Å². The Bertz CT molecular complexity index is 574. The molecule has 3 rings (SSSR count). The molecule has 5 nitrogen and oxygen atoms in total. The van der Waals surface area contributed by atoms with E-state index in [4.69, 9.17) is 28.9 Å². The minimum absolute atomic E-state index is 0.380. The van der Waals surface area contributed by atoms with Gasteiger partial charge < -0.3 is 10.6 Å². The number of hydrogen-bond acceptors (Lipinski definition) is 4. The number of hydrogen-bond donors (Lipinski definition) is 1. The second-order valence-electron chi connectivity index (χ2n) is 4.06. The van der Waals surface area contributed by atoms with E-state index in [1.807, 2.05) is 0 Å². The largest absolute Gasteiger partial charge is 0.382 e. The zero-order chi connectivity index (χ0) is 12.0.